The molecule has 94 valence electrons. The van der Waals surface area contributed by atoms with E-state index in [0.717, 1.165) is 0 Å². The highest BCUT2D eigenvalue weighted by Gasteiger charge is 2.19. The van der Waals surface area contributed by atoms with E-state index in [0.29, 0.717) is 30.8 Å². The molecule has 0 bridgehead atoms. The normalized spacial score (nSPS) is 16.2. The van der Waals surface area contributed by atoms with Gasteiger partial charge in [0.15, 0.2) is 0 Å². The summed E-state index contributed by atoms with van der Waals surface area (Å²) < 4.78 is 0. The third-order valence-electron chi connectivity index (χ3n) is 2.29. The van der Waals surface area contributed by atoms with Gasteiger partial charge in [-0.25, -0.2) is 4.79 Å². The number of carbonyl (C=O) groups is 2. The number of rotatable bonds is 9. The van der Waals surface area contributed by atoms with Gasteiger partial charge in [-0.3, -0.25) is 4.79 Å². The van der Waals surface area contributed by atoms with E-state index in [2.05, 4.69) is 5.32 Å². The number of carboxylic acids is 1. The predicted octanol–water partition coefficient (Wildman–Crippen LogP) is 0.470. The Morgan fingerprint density at radius 2 is 2.25 bits per heavy atom. The van der Waals surface area contributed by atoms with E-state index in [9.17, 15) is 14.7 Å². The van der Waals surface area contributed by atoms with Crippen LogP contribution in [0.2, 0.25) is 0 Å². The zero-order valence-electron chi connectivity index (χ0n) is 9.60. The van der Waals surface area contributed by atoms with E-state index >= 15 is 0 Å². The number of nitrogens with one attached hydrogen (secondary N) is 1. The Morgan fingerprint density at radius 1 is 1.62 bits per heavy atom. The molecule has 0 aromatic carbocycles. The first kappa shape index (κ1) is 15.2. The van der Waals surface area contributed by atoms with Crippen LogP contribution in [0.1, 0.15) is 26.7 Å². The summed E-state index contributed by atoms with van der Waals surface area (Å²) in [5, 5.41) is 20.7. The standard InChI is InChI=1S/C10H19NO4S/c1-3-10(2,15)6-16-5-4-8(9(13)14)11-7-12/h7-8,15H,3-6H2,1-2H3,(H,11,12)(H,13,14). The van der Waals surface area contributed by atoms with E-state index in [1.807, 2.05) is 6.92 Å². The van der Waals surface area contributed by atoms with Gasteiger partial charge in [0.1, 0.15) is 6.04 Å². The van der Waals surface area contributed by atoms with Gasteiger partial charge < -0.3 is 15.5 Å². The Hall–Kier alpha value is -0.750. The van der Waals surface area contributed by atoms with Gasteiger partial charge in [-0.05, 0) is 25.5 Å². The van der Waals surface area contributed by atoms with E-state index in [1.54, 1.807) is 6.92 Å². The van der Waals surface area contributed by atoms with Crippen LogP contribution in [0, 0.1) is 0 Å². The Labute approximate surface area is 99.6 Å². The molecule has 0 rings (SSSR count). The predicted molar refractivity (Wildman–Crippen MR) is 63.5 cm³/mol. The smallest absolute Gasteiger partial charge is 0.326 e. The Morgan fingerprint density at radius 3 is 2.69 bits per heavy atom. The van der Waals surface area contributed by atoms with Crippen molar-refractivity contribution >= 4 is 24.1 Å². The number of carbonyl (C=O) groups excluding carboxylic acids is 1. The molecule has 0 aromatic heterocycles. The summed E-state index contributed by atoms with van der Waals surface area (Å²) in [4.78, 5) is 20.8. The lowest BCUT2D eigenvalue weighted by molar-refractivity contribution is -0.140. The van der Waals surface area contributed by atoms with E-state index < -0.39 is 17.6 Å². The second-order valence-electron chi connectivity index (χ2n) is 3.87. The molecule has 0 saturated carbocycles. The average Bonchev–Trinajstić information content (AvgIpc) is 2.22. The molecular formula is C10H19NO4S. The van der Waals surface area contributed by atoms with E-state index in [-0.39, 0.29) is 0 Å². The van der Waals surface area contributed by atoms with Crippen molar-refractivity contribution in [2.24, 2.45) is 0 Å². The minimum absolute atomic E-state index is 0.360. The molecule has 0 aromatic rings. The molecule has 0 saturated heterocycles. The first-order valence-electron chi connectivity index (χ1n) is 5.15. The van der Waals surface area contributed by atoms with Gasteiger partial charge in [-0.1, -0.05) is 6.92 Å². The SMILES string of the molecule is CCC(C)(O)CSCCC(NC=O)C(=O)O. The van der Waals surface area contributed by atoms with Gasteiger partial charge in [0.2, 0.25) is 6.41 Å². The van der Waals surface area contributed by atoms with Crippen LogP contribution >= 0.6 is 11.8 Å². The van der Waals surface area contributed by atoms with Crippen LogP contribution in [-0.2, 0) is 9.59 Å². The minimum atomic E-state index is -1.03. The maximum atomic E-state index is 10.7. The summed E-state index contributed by atoms with van der Waals surface area (Å²) in [5.74, 6) is 0.125. The van der Waals surface area contributed by atoms with E-state index in [4.69, 9.17) is 5.11 Å². The fourth-order valence-corrected chi connectivity index (χ4v) is 2.15. The molecule has 5 nitrogen and oxygen atoms in total. The molecular weight excluding hydrogens is 230 g/mol. The highest BCUT2D eigenvalue weighted by Crippen LogP contribution is 2.17. The highest BCUT2D eigenvalue weighted by atomic mass is 32.2. The monoisotopic (exact) mass is 249 g/mol. The number of amides is 1. The van der Waals surface area contributed by atoms with E-state index in [1.165, 1.54) is 11.8 Å². The van der Waals surface area contributed by atoms with Crippen molar-refractivity contribution in [3.8, 4) is 0 Å². The third kappa shape index (κ3) is 6.68. The van der Waals surface area contributed by atoms with Crippen LogP contribution in [0.15, 0.2) is 0 Å². The maximum Gasteiger partial charge on any atom is 0.326 e. The number of hydrogen-bond acceptors (Lipinski definition) is 4. The van der Waals surface area contributed by atoms with Gasteiger partial charge in [-0.2, -0.15) is 11.8 Å². The molecule has 2 atom stereocenters. The molecule has 3 N–H and O–H groups in total. The third-order valence-corrected chi connectivity index (χ3v) is 3.64. The van der Waals surface area contributed by atoms with Crippen molar-refractivity contribution in [2.75, 3.05) is 11.5 Å². The molecule has 0 radical (unpaired) electrons. The van der Waals surface area contributed by atoms with Crippen LogP contribution in [0.25, 0.3) is 0 Å². The summed E-state index contributed by atoms with van der Waals surface area (Å²) in [6.07, 6.45) is 1.42. The zero-order valence-corrected chi connectivity index (χ0v) is 10.4. The molecule has 1 amide bonds. The molecule has 6 heteroatoms. The zero-order chi connectivity index (χ0) is 12.6. The van der Waals surface area contributed by atoms with Crippen LogP contribution in [0.3, 0.4) is 0 Å². The summed E-state index contributed by atoms with van der Waals surface area (Å²) in [5.41, 5.74) is -0.707. The lowest BCUT2D eigenvalue weighted by Crippen LogP contribution is -2.36. The lowest BCUT2D eigenvalue weighted by Gasteiger charge is -2.20. The summed E-state index contributed by atoms with van der Waals surface area (Å²) in [7, 11) is 0. The Kier molecular flexibility index (Phi) is 7.16. The molecule has 0 spiro atoms. The number of aliphatic carboxylic acids is 1. The van der Waals surface area contributed by atoms with Crippen LogP contribution in [0.4, 0.5) is 0 Å². The Balaban J connectivity index is 3.78. The largest absolute Gasteiger partial charge is 0.480 e. The highest BCUT2D eigenvalue weighted by molar-refractivity contribution is 7.99. The number of aliphatic hydroxyl groups is 1. The van der Waals surface area contributed by atoms with Gasteiger partial charge >= 0.3 is 5.97 Å². The van der Waals surface area contributed by atoms with Crippen molar-refractivity contribution < 1.29 is 19.8 Å². The van der Waals surface area contributed by atoms with Crippen molar-refractivity contribution in [3.63, 3.8) is 0 Å². The van der Waals surface area contributed by atoms with Gasteiger partial charge in [0.25, 0.3) is 0 Å². The van der Waals surface area contributed by atoms with Crippen LogP contribution in [0.5, 0.6) is 0 Å². The van der Waals surface area contributed by atoms with Crippen LogP contribution in [-0.4, -0.2) is 45.7 Å². The first-order valence-corrected chi connectivity index (χ1v) is 6.31. The molecule has 0 aliphatic rings. The average molecular weight is 249 g/mol. The molecule has 0 aliphatic carbocycles. The summed E-state index contributed by atoms with van der Waals surface area (Å²) >= 11 is 1.49. The van der Waals surface area contributed by atoms with Crippen LogP contribution < -0.4 is 5.32 Å². The minimum Gasteiger partial charge on any atom is -0.480 e. The fourth-order valence-electron chi connectivity index (χ4n) is 0.956. The van der Waals surface area contributed by atoms with Crippen molar-refractivity contribution in [1.82, 2.24) is 5.32 Å². The van der Waals surface area contributed by atoms with Crippen molar-refractivity contribution in [3.05, 3.63) is 0 Å². The summed E-state index contributed by atoms with van der Waals surface area (Å²) in [6, 6.07) is -0.837. The Bertz CT molecular complexity index is 233. The second kappa shape index (κ2) is 7.51. The second-order valence-corrected chi connectivity index (χ2v) is 4.97. The van der Waals surface area contributed by atoms with Gasteiger partial charge in [0, 0.05) is 5.75 Å². The lowest BCUT2D eigenvalue weighted by atomic mass is 10.1. The van der Waals surface area contributed by atoms with Crippen molar-refractivity contribution in [2.45, 2.75) is 38.3 Å². The number of carboxylic acid groups (broad SMARTS) is 1. The van der Waals surface area contributed by atoms with Crippen molar-refractivity contribution in [1.29, 1.82) is 0 Å². The fraction of sp³-hybridized carbons (Fsp3) is 0.800. The van der Waals surface area contributed by atoms with Gasteiger partial charge in [-0.15, -0.1) is 0 Å². The molecule has 0 heterocycles. The topological polar surface area (TPSA) is 86.6 Å². The number of hydrogen-bond donors (Lipinski definition) is 3. The summed E-state index contributed by atoms with van der Waals surface area (Å²) in [6.45, 7) is 3.65. The molecule has 16 heavy (non-hydrogen) atoms. The molecule has 0 fully saturated rings. The van der Waals surface area contributed by atoms with Gasteiger partial charge in [0.05, 0.1) is 5.60 Å². The quantitative estimate of drug-likeness (QED) is 0.408. The number of thioether (sulfide) groups is 1. The maximum absolute atomic E-state index is 10.7. The molecule has 0 aliphatic heterocycles. The molecule has 2 unspecified atom stereocenters. The first-order chi connectivity index (χ1) is 7.43.